The van der Waals surface area contributed by atoms with Crippen LogP contribution in [-0.4, -0.2) is 50.0 Å². The lowest BCUT2D eigenvalue weighted by Gasteiger charge is -2.21. The maximum absolute atomic E-state index is 13.0. The van der Waals surface area contributed by atoms with E-state index in [1.165, 1.54) is 6.07 Å². The first kappa shape index (κ1) is 18.9. The fraction of sp³-hybridized carbons (Fsp3) is 0.222. The molecule has 0 fully saturated rings. The summed E-state index contributed by atoms with van der Waals surface area (Å²) in [5.41, 5.74) is 0.949. The topological polar surface area (TPSA) is 104 Å². The molecule has 0 amide bonds. The van der Waals surface area contributed by atoms with Gasteiger partial charge < -0.3 is 14.9 Å². The van der Waals surface area contributed by atoms with Gasteiger partial charge in [0.25, 0.3) is 5.69 Å². The number of carbonyl (C=O) groups excluding carboxylic acids is 1. The number of nitro groups is 1. The van der Waals surface area contributed by atoms with Crippen LogP contribution in [0.15, 0.2) is 36.4 Å². The number of carboxylic acid groups (broad SMARTS) is 1. The highest BCUT2D eigenvalue weighted by Crippen LogP contribution is 2.29. The highest BCUT2D eigenvalue weighted by atomic mass is 16.6. The van der Waals surface area contributed by atoms with Crippen LogP contribution in [0.2, 0.25) is 0 Å². The van der Waals surface area contributed by atoms with Crippen molar-refractivity contribution in [1.29, 1.82) is 0 Å². The number of ketones is 1. The molecule has 0 atom stereocenters. The minimum atomic E-state index is -1.40. The van der Waals surface area contributed by atoms with Gasteiger partial charge in [-0.2, -0.15) is 0 Å². The minimum Gasteiger partial charge on any atom is -0.478 e. The predicted molar refractivity (Wildman–Crippen MR) is 98.6 cm³/mol. The van der Waals surface area contributed by atoms with Crippen molar-refractivity contribution in [2.45, 2.75) is 0 Å². The molecule has 1 N–H and O–H groups in total. The lowest BCUT2D eigenvalue weighted by molar-refractivity contribution is -0.384. The van der Waals surface area contributed by atoms with E-state index in [1.54, 1.807) is 31.1 Å². The van der Waals surface area contributed by atoms with E-state index in [-0.39, 0.29) is 11.3 Å². The summed E-state index contributed by atoms with van der Waals surface area (Å²) in [6, 6.07) is 8.41. The molecule has 0 bridgehead atoms. The van der Waals surface area contributed by atoms with E-state index in [0.29, 0.717) is 11.3 Å². The van der Waals surface area contributed by atoms with Gasteiger partial charge in [-0.05, 0) is 24.3 Å². The number of rotatable bonds is 6. The number of carboxylic acids is 1. The van der Waals surface area contributed by atoms with Gasteiger partial charge in [0.1, 0.15) is 0 Å². The van der Waals surface area contributed by atoms with Crippen molar-refractivity contribution in [3.63, 3.8) is 0 Å². The molecule has 0 aliphatic carbocycles. The van der Waals surface area contributed by atoms with Crippen LogP contribution in [0.1, 0.15) is 26.3 Å². The number of aromatic carboxylic acids is 1. The van der Waals surface area contributed by atoms with Crippen molar-refractivity contribution in [3.05, 3.63) is 63.2 Å². The molecule has 0 unspecified atom stereocenters. The Labute approximate surface area is 150 Å². The number of anilines is 2. The molecule has 8 heteroatoms. The van der Waals surface area contributed by atoms with Crippen molar-refractivity contribution in [1.82, 2.24) is 0 Å². The molecule has 0 aliphatic rings. The van der Waals surface area contributed by atoms with Crippen molar-refractivity contribution in [2.24, 2.45) is 0 Å². The van der Waals surface area contributed by atoms with Gasteiger partial charge in [-0.1, -0.05) is 0 Å². The summed E-state index contributed by atoms with van der Waals surface area (Å²) in [6.07, 6.45) is 0. The first-order valence-corrected chi connectivity index (χ1v) is 7.68. The Balaban J connectivity index is 2.62. The van der Waals surface area contributed by atoms with E-state index in [2.05, 4.69) is 0 Å². The monoisotopic (exact) mass is 357 g/mol. The number of nitrogens with zero attached hydrogens (tertiary/aromatic N) is 3. The molecule has 0 heterocycles. The Morgan fingerprint density at radius 2 is 1.54 bits per heavy atom. The predicted octanol–water partition coefficient (Wildman–Crippen LogP) is 2.66. The second-order valence-corrected chi connectivity index (χ2v) is 6.11. The molecule has 8 nitrogen and oxygen atoms in total. The van der Waals surface area contributed by atoms with Crippen LogP contribution in [0.25, 0.3) is 0 Å². The number of benzene rings is 2. The summed E-state index contributed by atoms with van der Waals surface area (Å²) in [7, 11) is 7.29. The van der Waals surface area contributed by atoms with Crippen LogP contribution in [0.5, 0.6) is 0 Å². The van der Waals surface area contributed by atoms with Gasteiger partial charge in [0.05, 0.1) is 10.5 Å². The number of hydrogen-bond donors (Lipinski definition) is 1. The Hall–Kier alpha value is -3.42. The first-order chi connectivity index (χ1) is 12.1. The van der Waals surface area contributed by atoms with Crippen LogP contribution >= 0.6 is 0 Å². The number of hydrogen-bond acceptors (Lipinski definition) is 6. The van der Waals surface area contributed by atoms with Crippen LogP contribution in [0.3, 0.4) is 0 Å². The molecular formula is C18H19N3O5. The fourth-order valence-corrected chi connectivity index (χ4v) is 2.53. The zero-order chi connectivity index (χ0) is 19.6. The number of nitro benzene ring substituents is 1. The second-order valence-electron chi connectivity index (χ2n) is 6.11. The van der Waals surface area contributed by atoms with Gasteiger partial charge >= 0.3 is 5.97 Å². The van der Waals surface area contributed by atoms with Gasteiger partial charge in [0, 0.05) is 62.8 Å². The normalized spacial score (nSPS) is 10.3. The zero-order valence-corrected chi connectivity index (χ0v) is 14.9. The Morgan fingerprint density at radius 3 is 2.04 bits per heavy atom. The van der Waals surface area contributed by atoms with Crippen molar-refractivity contribution in [2.75, 3.05) is 38.0 Å². The van der Waals surface area contributed by atoms with Gasteiger partial charge in [0.2, 0.25) is 0 Å². The fourth-order valence-electron chi connectivity index (χ4n) is 2.53. The molecule has 0 radical (unpaired) electrons. The molecule has 2 rings (SSSR count). The summed E-state index contributed by atoms with van der Waals surface area (Å²) in [4.78, 5) is 38.3. The quantitative estimate of drug-likeness (QED) is 0.481. The van der Waals surface area contributed by atoms with E-state index in [4.69, 9.17) is 0 Å². The van der Waals surface area contributed by atoms with Gasteiger partial charge in [-0.25, -0.2) is 4.79 Å². The zero-order valence-electron chi connectivity index (χ0n) is 14.9. The first-order valence-electron chi connectivity index (χ1n) is 7.68. The SMILES string of the molecule is CN(C)c1ccc(C(=O)c2ccc([N+](=O)[O-])cc2C(=O)O)c(N(C)C)c1. The molecule has 136 valence electrons. The molecule has 0 aliphatic heterocycles. The summed E-state index contributed by atoms with van der Waals surface area (Å²) in [5, 5.41) is 20.3. The molecule has 0 spiro atoms. The van der Waals surface area contributed by atoms with E-state index >= 15 is 0 Å². The highest BCUT2D eigenvalue weighted by molar-refractivity contribution is 6.17. The van der Waals surface area contributed by atoms with Gasteiger partial charge in [0.15, 0.2) is 5.78 Å². The van der Waals surface area contributed by atoms with E-state index in [1.807, 2.05) is 25.1 Å². The van der Waals surface area contributed by atoms with Crippen LogP contribution in [0, 0.1) is 10.1 Å². The Bertz CT molecular complexity index is 890. The van der Waals surface area contributed by atoms with Crippen LogP contribution < -0.4 is 9.80 Å². The Kier molecular flexibility index (Phi) is 5.25. The lowest BCUT2D eigenvalue weighted by atomic mass is 9.96. The second kappa shape index (κ2) is 7.22. The largest absolute Gasteiger partial charge is 0.478 e. The van der Waals surface area contributed by atoms with Crippen molar-refractivity contribution in [3.8, 4) is 0 Å². The molecule has 0 saturated heterocycles. The van der Waals surface area contributed by atoms with E-state index < -0.39 is 22.2 Å². The van der Waals surface area contributed by atoms with Gasteiger partial charge in [-0.15, -0.1) is 0 Å². The molecule has 2 aromatic rings. The smallest absolute Gasteiger partial charge is 0.336 e. The molecule has 26 heavy (non-hydrogen) atoms. The third-order valence-electron chi connectivity index (χ3n) is 3.91. The van der Waals surface area contributed by atoms with Crippen molar-refractivity contribution >= 4 is 28.8 Å². The maximum Gasteiger partial charge on any atom is 0.336 e. The number of carbonyl (C=O) groups is 2. The summed E-state index contributed by atoms with van der Waals surface area (Å²) in [6.45, 7) is 0. The average Bonchev–Trinajstić information content (AvgIpc) is 2.59. The van der Waals surface area contributed by atoms with E-state index in [9.17, 15) is 24.8 Å². The summed E-state index contributed by atoms with van der Waals surface area (Å²) in [5.74, 6) is -1.90. The standard InChI is InChI=1S/C18H19N3O5/c1-19(2)11-5-8-14(16(10-11)20(3)4)17(22)13-7-6-12(21(25)26)9-15(13)18(23)24/h5-10H,1-4H3,(H,23,24). The minimum absolute atomic E-state index is 0.0937. The van der Waals surface area contributed by atoms with Crippen LogP contribution in [0.4, 0.5) is 17.1 Å². The van der Waals surface area contributed by atoms with E-state index in [0.717, 1.165) is 17.8 Å². The van der Waals surface area contributed by atoms with Gasteiger partial charge in [-0.3, -0.25) is 14.9 Å². The lowest BCUT2D eigenvalue weighted by Crippen LogP contribution is -2.18. The molecular weight excluding hydrogens is 338 g/mol. The summed E-state index contributed by atoms with van der Waals surface area (Å²) >= 11 is 0. The van der Waals surface area contributed by atoms with Crippen molar-refractivity contribution < 1.29 is 19.6 Å². The number of non-ortho nitro benzene ring substituents is 1. The third-order valence-corrected chi connectivity index (χ3v) is 3.91. The molecule has 0 aromatic heterocycles. The molecule has 0 saturated carbocycles. The highest BCUT2D eigenvalue weighted by Gasteiger charge is 2.24. The maximum atomic E-state index is 13.0. The Morgan fingerprint density at radius 1 is 0.923 bits per heavy atom. The van der Waals surface area contributed by atoms with Crippen LogP contribution in [-0.2, 0) is 0 Å². The molecule has 2 aromatic carbocycles. The third kappa shape index (κ3) is 3.64. The average molecular weight is 357 g/mol. The summed E-state index contributed by atoms with van der Waals surface area (Å²) < 4.78 is 0.